The summed E-state index contributed by atoms with van der Waals surface area (Å²) in [5.74, 6) is 0.342. The fraction of sp³-hybridized carbons (Fsp3) is 0.400. The minimum absolute atomic E-state index is 0. The second-order valence-corrected chi connectivity index (χ2v) is 4.80. The summed E-state index contributed by atoms with van der Waals surface area (Å²) in [5, 5.41) is 12.1. The summed E-state index contributed by atoms with van der Waals surface area (Å²) in [7, 11) is 7.53. The predicted octanol–water partition coefficient (Wildman–Crippen LogP) is -1.11. The van der Waals surface area contributed by atoms with E-state index >= 15 is 0 Å². The van der Waals surface area contributed by atoms with Crippen molar-refractivity contribution < 1.29 is 52.4 Å². The summed E-state index contributed by atoms with van der Waals surface area (Å²) in [6, 6.07) is 3.41. The first-order valence-corrected chi connectivity index (χ1v) is 6.77. The van der Waals surface area contributed by atoms with Gasteiger partial charge in [0, 0.05) is 25.8 Å². The number of benzene rings is 1. The van der Waals surface area contributed by atoms with Gasteiger partial charge in [-0.3, -0.25) is 10.1 Å². The number of hydrogen-bond donors (Lipinski definition) is 0. The molecule has 0 amide bonds. The third kappa shape index (κ3) is 3.37. The maximum absolute atomic E-state index is 11.7. The van der Waals surface area contributed by atoms with Gasteiger partial charge in [-0.1, -0.05) is 0 Å². The second kappa shape index (κ2) is 8.40. The summed E-state index contributed by atoms with van der Waals surface area (Å²) < 4.78 is 22.8. The number of aryl methyl sites for hydroxylation is 1. The number of ether oxygens (including phenoxy) is 4. The minimum Gasteiger partial charge on any atom is -1.00 e. The lowest BCUT2D eigenvalue weighted by atomic mass is 10.0. The van der Waals surface area contributed by atoms with E-state index in [-0.39, 0.29) is 41.2 Å². The van der Waals surface area contributed by atoms with E-state index in [0.717, 1.165) is 0 Å². The smallest absolute Gasteiger partial charge is 0.329 e. The normalized spacial score (nSPS) is 10.6. The van der Waals surface area contributed by atoms with Crippen molar-refractivity contribution in [1.29, 1.82) is 0 Å². The number of rotatable bonds is 6. The highest BCUT2D eigenvalue weighted by Crippen LogP contribution is 2.44. The van der Waals surface area contributed by atoms with Crippen LogP contribution in [0.25, 0.3) is 10.9 Å². The summed E-state index contributed by atoms with van der Waals surface area (Å²) in [5.41, 5.74) is 0.953. The van der Waals surface area contributed by atoms with Gasteiger partial charge < -0.3 is 42.9 Å². The summed E-state index contributed by atoms with van der Waals surface area (Å²) in [6.07, 6.45) is 1.04. The highest BCUT2D eigenvalue weighted by Gasteiger charge is 2.32. The van der Waals surface area contributed by atoms with E-state index < -0.39 is 11.2 Å². The lowest BCUT2D eigenvalue weighted by Gasteiger charge is -2.16. The molecular weight excluding hydrogens is 431 g/mol. The largest absolute Gasteiger partial charge is 1.00 e. The van der Waals surface area contributed by atoms with Gasteiger partial charge in [-0.2, -0.15) is 0 Å². The number of nitro groups is 1. The SMILES string of the molecule is COc1cc2c(c(C(OC)OC)cc[n+]2C)c([N+](=O)[O-])c1OC.[I-]. The van der Waals surface area contributed by atoms with Crippen LogP contribution < -0.4 is 38.0 Å². The number of hydrogen-bond acceptors (Lipinski definition) is 6. The Labute approximate surface area is 156 Å². The molecule has 0 aliphatic rings. The van der Waals surface area contributed by atoms with E-state index in [1.54, 1.807) is 29.9 Å². The molecule has 2 aromatic rings. The second-order valence-electron chi connectivity index (χ2n) is 4.80. The van der Waals surface area contributed by atoms with Crippen LogP contribution in [-0.2, 0) is 16.5 Å². The number of halogens is 1. The summed E-state index contributed by atoms with van der Waals surface area (Å²) in [4.78, 5) is 11.2. The zero-order valence-electron chi connectivity index (χ0n) is 14.0. The van der Waals surface area contributed by atoms with E-state index in [9.17, 15) is 10.1 Å². The van der Waals surface area contributed by atoms with Crippen molar-refractivity contribution >= 4 is 16.6 Å². The Bertz CT molecular complexity index is 749. The molecule has 0 spiro atoms. The van der Waals surface area contributed by atoms with Crippen LogP contribution in [0.15, 0.2) is 18.3 Å². The van der Waals surface area contributed by atoms with E-state index in [1.165, 1.54) is 28.4 Å². The molecule has 0 saturated carbocycles. The Balaban J connectivity index is 0.00000288. The molecule has 1 aromatic carbocycles. The molecule has 0 radical (unpaired) electrons. The fourth-order valence-corrected chi connectivity index (χ4v) is 2.60. The molecule has 0 aliphatic carbocycles. The van der Waals surface area contributed by atoms with Gasteiger partial charge in [-0.05, 0) is 0 Å². The number of nitro benzene ring substituents is 1. The van der Waals surface area contributed by atoms with Crippen LogP contribution in [0.3, 0.4) is 0 Å². The molecule has 0 atom stereocenters. The highest BCUT2D eigenvalue weighted by molar-refractivity contribution is 5.94. The molecule has 8 nitrogen and oxygen atoms in total. The van der Waals surface area contributed by atoms with E-state index in [4.69, 9.17) is 18.9 Å². The van der Waals surface area contributed by atoms with Crippen molar-refractivity contribution in [3.05, 3.63) is 34.0 Å². The predicted molar refractivity (Wildman–Crippen MR) is 81.6 cm³/mol. The van der Waals surface area contributed by atoms with Gasteiger partial charge >= 0.3 is 5.69 Å². The van der Waals surface area contributed by atoms with Gasteiger partial charge in [0.25, 0.3) is 0 Å². The first-order chi connectivity index (χ1) is 11.0. The maximum Gasteiger partial charge on any atom is 0.329 e. The lowest BCUT2D eigenvalue weighted by molar-refractivity contribution is -0.645. The Morgan fingerprint density at radius 2 is 1.79 bits per heavy atom. The fourth-order valence-electron chi connectivity index (χ4n) is 2.60. The van der Waals surface area contributed by atoms with Crippen LogP contribution >= 0.6 is 0 Å². The molecule has 0 bridgehead atoms. The molecule has 0 fully saturated rings. The molecule has 132 valence electrons. The average molecular weight is 450 g/mol. The average Bonchev–Trinajstić information content (AvgIpc) is 2.55. The number of methoxy groups -OCH3 is 4. The zero-order valence-corrected chi connectivity index (χ0v) is 16.2. The van der Waals surface area contributed by atoms with Crippen LogP contribution in [0.5, 0.6) is 11.5 Å². The molecule has 1 aromatic heterocycles. The topological polar surface area (TPSA) is 83.9 Å². The van der Waals surface area contributed by atoms with Crippen LogP contribution in [0.4, 0.5) is 5.69 Å². The Morgan fingerprint density at radius 1 is 1.17 bits per heavy atom. The third-order valence-electron chi connectivity index (χ3n) is 3.63. The lowest BCUT2D eigenvalue weighted by Crippen LogP contribution is -3.00. The van der Waals surface area contributed by atoms with Crippen LogP contribution in [0, 0.1) is 10.1 Å². The molecule has 0 aliphatic heterocycles. The zero-order chi connectivity index (χ0) is 17.1. The number of pyridine rings is 1. The molecule has 2 rings (SSSR count). The first kappa shape index (κ1) is 20.3. The molecular formula is C15H19IN2O6. The summed E-state index contributed by atoms with van der Waals surface area (Å²) in [6.45, 7) is 0. The van der Waals surface area contributed by atoms with E-state index in [1.807, 2.05) is 0 Å². The van der Waals surface area contributed by atoms with Gasteiger partial charge in [0.2, 0.25) is 11.3 Å². The van der Waals surface area contributed by atoms with Gasteiger partial charge in [-0.15, -0.1) is 0 Å². The number of nitrogens with zero attached hydrogens (tertiary/aromatic N) is 2. The van der Waals surface area contributed by atoms with E-state index in [2.05, 4.69) is 0 Å². The van der Waals surface area contributed by atoms with Crippen LogP contribution in [0.1, 0.15) is 11.9 Å². The van der Waals surface area contributed by atoms with Crippen molar-refractivity contribution in [2.24, 2.45) is 7.05 Å². The van der Waals surface area contributed by atoms with Gasteiger partial charge in [0.15, 0.2) is 18.2 Å². The standard InChI is InChI=1S/C15H19N2O6.HI/c1-16-7-6-9(15(22-4)23-5)12-10(16)8-11(20-2)14(21-3)13(12)17(18)19;/h6-8,15H,1-5H3;1H/q+1;/p-1. The molecule has 24 heavy (non-hydrogen) atoms. The minimum atomic E-state index is -0.740. The first-order valence-electron chi connectivity index (χ1n) is 6.77. The van der Waals surface area contributed by atoms with Crippen molar-refractivity contribution in [3.63, 3.8) is 0 Å². The van der Waals surface area contributed by atoms with Crippen molar-refractivity contribution in [3.8, 4) is 11.5 Å². The van der Waals surface area contributed by atoms with Crippen LogP contribution in [0.2, 0.25) is 0 Å². The van der Waals surface area contributed by atoms with Crippen LogP contribution in [-0.4, -0.2) is 33.4 Å². The number of aromatic nitrogens is 1. The van der Waals surface area contributed by atoms with Crippen molar-refractivity contribution in [1.82, 2.24) is 0 Å². The highest BCUT2D eigenvalue weighted by atomic mass is 127. The molecule has 0 N–H and O–H groups in total. The molecule has 9 heteroatoms. The number of fused-ring (bicyclic) bond motifs is 1. The monoisotopic (exact) mass is 450 g/mol. The Kier molecular flexibility index (Phi) is 7.11. The Hall–Kier alpha value is -1.72. The van der Waals surface area contributed by atoms with E-state index in [0.29, 0.717) is 16.5 Å². The quantitative estimate of drug-likeness (QED) is 0.183. The van der Waals surface area contributed by atoms with Gasteiger partial charge in [0.1, 0.15) is 12.4 Å². The van der Waals surface area contributed by atoms with Gasteiger partial charge in [-0.25, -0.2) is 4.57 Å². The molecule has 1 heterocycles. The van der Waals surface area contributed by atoms with Crippen molar-refractivity contribution in [2.75, 3.05) is 28.4 Å². The molecule has 0 saturated heterocycles. The third-order valence-corrected chi connectivity index (χ3v) is 3.63. The van der Waals surface area contributed by atoms with Crippen molar-refractivity contribution in [2.45, 2.75) is 6.29 Å². The summed E-state index contributed by atoms with van der Waals surface area (Å²) >= 11 is 0. The maximum atomic E-state index is 11.7. The molecule has 0 unspecified atom stereocenters. The Morgan fingerprint density at radius 3 is 2.25 bits per heavy atom. The van der Waals surface area contributed by atoms with Gasteiger partial charge in [0.05, 0.1) is 25.2 Å².